The number of carbonyl (C=O) groups is 2. The zero-order valence-electron chi connectivity index (χ0n) is 19.9. The topological polar surface area (TPSA) is 85.7 Å². The van der Waals surface area contributed by atoms with E-state index < -0.39 is 5.60 Å². The molecule has 0 saturated carbocycles. The summed E-state index contributed by atoms with van der Waals surface area (Å²) in [7, 11) is 1.80. The summed E-state index contributed by atoms with van der Waals surface area (Å²) in [5, 5.41) is 7.50. The Labute approximate surface area is 189 Å². The minimum atomic E-state index is -0.553. The second kappa shape index (κ2) is 9.63. The van der Waals surface area contributed by atoms with Gasteiger partial charge in [0.05, 0.1) is 18.8 Å². The fourth-order valence-corrected chi connectivity index (χ4v) is 3.77. The van der Waals surface area contributed by atoms with E-state index in [1.807, 2.05) is 52.8 Å². The highest BCUT2D eigenvalue weighted by Gasteiger charge is 2.30. The molecule has 0 atom stereocenters. The third-order valence-corrected chi connectivity index (χ3v) is 5.31. The van der Waals surface area contributed by atoms with Gasteiger partial charge in [-0.2, -0.15) is 5.10 Å². The second-order valence-corrected chi connectivity index (χ2v) is 9.27. The molecule has 2 aromatic rings. The molecule has 8 nitrogen and oxygen atoms in total. The van der Waals surface area contributed by atoms with Gasteiger partial charge in [-0.25, -0.2) is 4.79 Å². The first kappa shape index (κ1) is 23.6. The smallest absolute Gasteiger partial charge is 0.410 e. The quantitative estimate of drug-likeness (QED) is 0.680. The maximum Gasteiger partial charge on any atom is 0.410 e. The molecule has 1 aromatic carbocycles. The van der Waals surface area contributed by atoms with Crippen molar-refractivity contribution in [3.8, 4) is 5.75 Å². The van der Waals surface area contributed by atoms with Gasteiger partial charge in [-0.3, -0.25) is 9.48 Å². The molecule has 0 aliphatic carbocycles. The second-order valence-electron chi connectivity index (χ2n) is 9.27. The van der Waals surface area contributed by atoms with Crippen molar-refractivity contribution in [1.82, 2.24) is 14.7 Å². The number of rotatable bonds is 6. The molecule has 1 N–H and O–H groups in total. The molecule has 32 heavy (non-hydrogen) atoms. The van der Waals surface area contributed by atoms with Crippen LogP contribution in [0.15, 0.2) is 18.2 Å². The number of para-hydroxylation sites is 1. The van der Waals surface area contributed by atoms with Crippen LogP contribution in [0, 0.1) is 13.8 Å². The molecule has 0 saturated heterocycles. The fraction of sp³-hybridized carbons (Fsp3) is 0.542. The molecule has 2 amide bonds. The van der Waals surface area contributed by atoms with Crippen molar-refractivity contribution in [1.29, 1.82) is 0 Å². The van der Waals surface area contributed by atoms with Crippen LogP contribution in [-0.2, 0) is 29.5 Å². The molecule has 1 aromatic heterocycles. The first-order valence-electron chi connectivity index (χ1n) is 11.1. The molecule has 8 heteroatoms. The van der Waals surface area contributed by atoms with Crippen molar-refractivity contribution < 1.29 is 19.1 Å². The minimum Gasteiger partial charge on any atom is -0.493 e. The molecular formula is C24H34N4O4. The van der Waals surface area contributed by atoms with Crippen molar-refractivity contribution in [2.75, 3.05) is 18.5 Å². The summed E-state index contributed by atoms with van der Waals surface area (Å²) in [6, 6.07) is 6.03. The van der Waals surface area contributed by atoms with Gasteiger partial charge in [0.2, 0.25) is 5.91 Å². The number of nitrogens with one attached hydrogen (secondary N) is 1. The number of aromatic nitrogens is 2. The van der Waals surface area contributed by atoms with Gasteiger partial charge in [0.1, 0.15) is 17.2 Å². The SMILES string of the molecule is Cc1cccc(C)c1OCCCC(=O)Nc1c2c(nn1C)CCN(C(=O)OC(C)(C)C)C2. The maximum absolute atomic E-state index is 12.6. The Morgan fingerprint density at radius 1 is 1.19 bits per heavy atom. The van der Waals surface area contributed by atoms with Crippen LogP contribution < -0.4 is 10.1 Å². The number of hydrogen-bond donors (Lipinski definition) is 1. The number of benzene rings is 1. The lowest BCUT2D eigenvalue weighted by atomic mass is 10.1. The highest BCUT2D eigenvalue weighted by molar-refractivity contribution is 5.90. The third-order valence-electron chi connectivity index (χ3n) is 5.31. The van der Waals surface area contributed by atoms with E-state index in [0.717, 1.165) is 28.1 Å². The molecule has 1 aliphatic rings. The van der Waals surface area contributed by atoms with Crippen molar-refractivity contribution >= 4 is 17.8 Å². The van der Waals surface area contributed by atoms with E-state index in [4.69, 9.17) is 9.47 Å². The third kappa shape index (κ3) is 5.81. The van der Waals surface area contributed by atoms with Crippen molar-refractivity contribution in [3.05, 3.63) is 40.6 Å². The Balaban J connectivity index is 1.56. The lowest BCUT2D eigenvalue weighted by molar-refractivity contribution is -0.116. The summed E-state index contributed by atoms with van der Waals surface area (Å²) in [5.41, 5.74) is 3.39. The summed E-state index contributed by atoms with van der Waals surface area (Å²) in [5.74, 6) is 1.42. The lowest BCUT2D eigenvalue weighted by Crippen LogP contribution is -2.40. The first-order chi connectivity index (χ1) is 15.0. The molecule has 1 aliphatic heterocycles. The van der Waals surface area contributed by atoms with Gasteiger partial charge in [-0.15, -0.1) is 0 Å². The van der Waals surface area contributed by atoms with Gasteiger partial charge in [0.15, 0.2) is 0 Å². The van der Waals surface area contributed by atoms with E-state index in [0.29, 0.717) is 44.8 Å². The van der Waals surface area contributed by atoms with E-state index in [-0.39, 0.29) is 12.0 Å². The number of anilines is 1. The van der Waals surface area contributed by atoms with E-state index >= 15 is 0 Å². The number of aryl methyl sites for hydroxylation is 3. The van der Waals surface area contributed by atoms with Crippen LogP contribution >= 0.6 is 0 Å². The van der Waals surface area contributed by atoms with Crippen LogP contribution in [0.4, 0.5) is 10.6 Å². The summed E-state index contributed by atoms with van der Waals surface area (Å²) < 4.78 is 13.1. The summed E-state index contributed by atoms with van der Waals surface area (Å²) >= 11 is 0. The van der Waals surface area contributed by atoms with Crippen molar-refractivity contribution in [3.63, 3.8) is 0 Å². The van der Waals surface area contributed by atoms with Crippen LogP contribution in [0.25, 0.3) is 0 Å². The standard InChI is InChI=1S/C24H34N4O4/c1-16-9-7-10-17(2)21(16)31-14-8-11-20(29)25-22-18-15-28(23(30)32-24(3,4)5)13-12-19(18)26-27(22)6/h7,9-10H,8,11-15H2,1-6H3,(H,25,29). The average molecular weight is 443 g/mol. The van der Waals surface area contributed by atoms with E-state index in [1.165, 1.54) is 0 Å². The largest absolute Gasteiger partial charge is 0.493 e. The number of hydrogen-bond acceptors (Lipinski definition) is 5. The lowest BCUT2D eigenvalue weighted by Gasteiger charge is -2.29. The van der Waals surface area contributed by atoms with Crippen LogP contribution in [-0.4, -0.2) is 45.4 Å². The molecule has 0 bridgehead atoms. The minimum absolute atomic E-state index is 0.102. The molecule has 0 radical (unpaired) electrons. The Morgan fingerprint density at radius 3 is 2.53 bits per heavy atom. The Hall–Kier alpha value is -3.03. The van der Waals surface area contributed by atoms with Crippen LogP contribution in [0.3, 0.4) is 0 Å². The van der Waals surface area contributed by atoms with Crippen LogP contribution in [0.1, 0.15) is 56.0 Å². The van der Waals surface area contributed by atoms with Gasteiger partial charge in [0, 0.05) is 32.0 Å². The Morgan fingerprint density at radius 2 is 1.88 bits per heavy atom. The highest BCUT2D eigenvalue weighted by atomic mass is 16.6. The Kier molecular flexibility index (Phi) is 7.11. The monoisotopic (exact) mass is 442 g/mol. The van der Waals surface area contributed by atoms with Gasteiger partial charge in [-0.05, 0) is 52.2 Å². The normalized spacial score (nSPS) is 13.5. The molecule has 2 heterocycles. The van der Waals surface area contributed by atoms with Gasteiger partial charge >= 0.3 is 6.09 Å². The molecular weight excluding hydrogens is 408 g/mol. The molecule has 0 unspecified atom stereocenters. The van der Waals surface area contributed by atoms with Crippen LogP contribution in [0.5, 0.6) is 5.75 Å². The molecule has 3 rings (SSSR count). The highest BCUT2D eigenvalue weighted by Crippen LogP contribution is 2.27. The van der Waals surface area contributed by atoms with Gasteiger partial charge < -0.3 is 19.7 Å². The van der Waals surface area contributed by atoms with Crippen LogP contribution in [0.2, 0.25) is 0 Å². The van der Waals surface area contributed by atoms with E-state index in [9.17, 15) is 9.59 Å². The molecule has 174 valence electrons. The number of fused-ring (bicyclic) bond motifs is 1. The molecule has 0 spiro atoms. The van der Waals surface area contributed by atoms with Gasteiger partial charge in [0.25, 0.3) is 0 Å². The predicted molar refractivity (Wildman–Crippen MR) is 123 cm³/mol. The number of carbonyl (C=O) groups excluding carboxylic acids is 2. The Bertz CT molecular complexity index is 970. The number of ether oxygens (including phenoxy) is 2. The van der Waals surface area contributed by atoms with E-state index in [2.05, 4.69) is 10.4 Å². The maximum atomic E-state index is 12.6. The van der Waals surface area contributed by atoms with Crippen molar-refractivity contribution in [2.24, 2.45) is 7.05 Å². The molecule has 0 fully saturated rings. The summed E-state index contributed by atoms with van der Waals surface area (Å²) in [4.78, 5) is 26.7. The number of nitrogens with zero attached hydrogens (tertiary/aromatic N) is 3. The zero-order chi connectivity index (χ0) is 23.5. The zero-order valence-corrected chi connectivity index (χ0v) is 19.9. The number of amides is 2. The summed E-state index contributed by atoms with van der Waals surface area (Å²) in [6.45, 7) is 10.9. The fourth-order valence-electron chi connectivity index (χ4n) is 3.77. The predicted octanol–water partition coefficient (Wildman–Crippen LogP) is 4.13. The van der Waals surface area contributed by atoms with E-state index in [1.54, 1.807) is 16.6 Å². The van der Waals surface area contributed by atoms with Gasteiger partial charge in [-0.1, -0.05) is 18.2 Å². The first-order valence-corrected chi connectivity index (χ1v) is 11.1. The average Bonchev–Trinajstić information content (AvgIpc) is 3.00. The van der Waals surface area contributed by atoms with Crippen molar-refractivity contribution in [2.45, 2.75) is 66.0 Å². The summed E-state index contributed by atoms with van der Waals surface area (Å²) in [6.07, 6.45) is 1.21.